The zero-order valence-electron chi connectivity index (χ0n) is 14.8. The lowest BCUT2D eigenvalue weighted by atomic mass is 9.82. The molecule has 3 rings (SSSR count). The molecule has 0 aliphatic heterocycles. The molecule has 0 bridgehead atoms. The highest BCUT2D eigenvalue weighted by Gasteiger charge is 2.34. The summed E-state index contributed by atoms with van der Waals surface area (Å²) in [6.07, 6.45) is 6.84. The Morgan fingerprint density at radius 3 is 2.89 bits per heavy atom. The summed E-state index contributed by atoms with van der Waals surface area (Å²) in [7, 11) is 0. The summed E-state index contributed by atoms with van der Waals surface area (Å²) in [6.45, 7) is 3.67. The van der Waals surface area contributed by atoms with Gasteiger partial charge in [0.05, 0.1) is 34.4 Å². The van der Waals surface area contributed by atoms with Gasteiger partial charge in [-0.3, -0.25) is 4.79 Å². The molecule has 2 aromatic rings. The van der Waals surface area contributed by atoms with E-state index in [-0.39, 0.29) is 31.0 Å². The van der Waals surface area contributed by atoms with Crippen LogP contribution in [0.3, 0.4) is 0 Å². The first kappa shape index (κ1) is 19.3. The predicted molar refractivity (Wildman–Crippen MR) is 105 cm³/mol. The van der Waals surface area contributed by atoms with Gasteiger partial charge < -0.3 is 15.2 Å². The molecule has 2 N–H and O–H groups in total. The maximum absolute atomic E-state index is 12.8. The number of benzene rings is 1. The summed E-state index contributed by atoms with van der Waals surface area (Å²) in [6, 6.07) is 6.80. The minimum absolute atomic E-state index is 0.0593. The Bertz CT molecular complexity index is 828. The summed E-state index contributed by atoms with van der Waals surface area (Å²) >= 11 is 1.59. The van der Waals surface area contributed by atoms with Crippen LogP contribution in [0, 0.1) is 5.92 Å². The zero-order chi connectivity index (χ0) is 19.2. The van der Waals surface area contributed by atoms with Crippen molar-refractivity contribution in [1.82, 2.24) is 10.3 Å². The molecular formula is C20H22N2O4S. The first-order valence-corrected chi connectivity index (χ1v) is 9.64. The molecule has 1 aliphatic carbocycles. The molecule has 1 aromatic carbocycles. The number of rotatable bonds is 8. The van der Waals surface area contributed by atoms with Gasteiger partial charge in [0.1, 0.15) is 0 Å². The van der Waals surface area contributed by atoms with E-state index in [4.69, 9.17) is 9.72 Å². The molecule has 1 aromatic heterocycles. The number of nitrogens with one attached hydrogen (secondary N) is 1. The Morgan fingerprint density at radius 2 is 2.15 bits per heavy atom. The van der Waals surface area contributed by atoms with Crippen molar-refractivity contribution in [3.63, 3.8) is 0 Å². The highest BCUT2D eigenvalue weighted by Crippen LogP contribution is 2.38. The SMILES string of the molecule is C=CCOCC(NC(=O)C1CC=CCC1c1nc2ccccc2s1)C(=O)O. The van der Waals surface area contributed by atoms with Crippen molar-refractivity contribution in [3.8, 4) is 0 Å². The highest BCUT2D eigenvalue weighted by molar-refractivity contribution is 7.18. The normalized spacial score (nSPS) is 20.3. The van der Waals surface area contributed by atoms with Crippen molar-refractivity contribution in [2.75, 3.05) is 13.2 Å². The lowest BCUT2D eigenvalue weighted by Crippen LogP contribution is -2.47. The van der Waals surface area contributed by atoms with Crippen LogP contribution < -0.4 is 5.32 Å². The van der Waals surface area contributed by atoms with Gasteiger partial charge in [-0.1, -0.05) is 30.4 Å². The fourth-order valence-electron chi connectivity index (χ4n) is 3.15. The summed E-state index contributed by atoms with van der Waals surface area (Å²) in [5, 5.41) is 12.9. The van der Waals surface area contributed by atoms with Gasteiger partial charge in [0.2, 0.25) is 5.91 Å². The van der Waals surface area contributed by atoms with Gasteiger partial charge in [-0.05, 0) is 25.0 Å². The van der Waals surface area contributed by atoms with Gasteiger partial charge in [-0.25, -0.2) is 9.78 Å². The quantitative estimate of drug-likeness (QED) is 0.538. The predicted octanol–water partition coefficient (Wildman–Crippen LogP) is 3.12. The van der Waals surface area contributed by atoms with E-state index in [2.05, 4.69) is 18.0 Å². The van der Waals surface area contributed by atoms with Crippen molar-refractivity contribution in [1.29, 1.82) is 0 Å². The van der Waals surface area contributed by atoms with E-state index in [1.54, 1.807) is 11.3 Å². The van der Waals surface area contributed by atoms with Crippen molar-refractivity contribution >= 4 is 33.4 Å². The number of ether oxygens (including phenoxy) is 1. The molecule has 3 unspecified atom stereocenters. The van der Waals surface area contributed by atoms with Gasteiger partial charge in [0, 0.05) is 5.92 Å². The number of hydrogen-bond donors (Lipinski definition) is 2. The zero-order valence-corrected chi connectivity index (χ0v) is 15.7. The number of fused-ring (bicyclic) bond motifs is 1. The van der Waals surface area contributed by atoms with E-state index in [9.17, 15) is 14.7 Å². The molecule has 6 nitrogen and oxygen atoms in total. The van der Waals surface area contributed by atoms with Crippen LogP contribution in [0.5, 0.6) is 0 Å². The number of thiazole rings is 1. The Hall–Kier alpha value is -2.51. The number of hydrogen-bond acceptors (Lipinski definition) is 5. The smallest absolute Gasteiger partial charge is 0.328 e. The second-order valence-corrected chi connectivity index (χ2v) is 7.46. The fourth-order valence-corrected chi connectivity index (χ4v) is 4.29. The molecule has 1 heterocycles. The molecular weight excluding hydrogens is 364 g/mol. The van der Waals surface area contributed by atoms with Crippen LogP contribution >= 0.6 is 11.3 Å². The van der Waals surface area contributed by atoms with E-state index in [1.807, 2.05) is 30.3 Å². The molecule has 1 aliphatic rings. The number of carboxylic acids is 1. The van der Waals surface area contributed by atoms with E-state index in [0.29, 0.717) is 12.8 Å². The van der Waals surface area contributed by atoms with Crippen LogP contribution in [-0.2, 0) is 14.3 Å². The average molecular weight is 386 g/mol. The van der Waals surface area contributed by atoms with E-state index in [0.717, 1.165) is 15.2 Å². The number of allylic oxidation sites excluding steroid dienone is 2. The lowest BCUT2D eigenvalue weighted by molar-refractivity contribution is -0.144. The average Bonchev–Trinajstić information content (AvgIpc) is 3.11. The number of aromatic nitrogens is 1. The maximum atomic E-state index is 12.8. The largest absolute Gasteiger partial charge is 0.480 e. The van der Waals surface area contributed by atoms with Crippen molar-refractivity contribution in [2.24, 2.45) is 5.92 Å². The molecule has 142 valence electrons. The highest BCUT2D eigenvalue weighted by atomic mass is 32.1. The third-order valence-electron chi connectivity index (χ3n) is 4.53. The minimum Gasteiger partial charge on any atom is -0.480 e. The second kappa shape index (κ2) is 8.92. The number of carbonyl (C=O) groups excluding carboxylic acids is 1. The molecule has 27 heavy (non-hydrogen) atoms. The van der Waals surface area contributed by atoms with Crippen LogP contribution in [0.2, 0.25) is 0 Å². The molecule has 0 saturated carbocycles. The third kappa shape index (κ3) is 4.61. The maximum Gasteiger partial charge on any atom is 0.328 e. The molecule has 0 fully saturated rings. The first-order chi connectivity index (χ1) is 13.1. The lowest BCUT2D eigenvalue weighted by Gasteiger charge is -2.27. The van der Waals surface area contributed by atoms with Crippen molar-refractivity contribution in [2.45, 2.75) is 24.8 Å². The Kier molecular flexibility index (Phi) is 6.36. The summed E-state index contributed by atoms with van der Waals surface area (Å²) < 4.78 is 6.29. The number of para-hydroxylation sites is 1. The van der Waals surface area contributed by atoms with Gasteiger partial charge in [0.15, 0.2) is 6.04 Å². The molecule has 0 spiro atoms. The Morgan fingerprint density at radius 1 is 1.37 bits per heavy atom. The standard InChI is InChI=1S/C20H22N2O4S/c1-2-11-26-12-16(20(24)25)21-18(23)13-7-3-4-8-14(13)19-22-15-9-5-6-10-17(15)27-19/h2-6,9-10,13-14,16H,1,7-8,11-12H2,(H,21,23)(H,24,25). The first-order valence-electron chi connectivity index (χ1n) is 8.82. The summed E-state index contributed by atoms with van der Waals surface area (Å²) in [5.41, 5.74) is 0.924. The molecule has 7 heteroatoms. The van der Waals surface area contributed by atoms with Crippen LogP contribution in [-0.4, -0.2) is 41.2 Å². The number of amides is 1. The van der Waals surface area contributed by atoms with Crippen LogP contribution in [0.15, 0.2) is 49.1 Å². The van der Waals surface area contributed by atoms with Crippen LogP contribution in [0.1, 0.15) is 23.8 Å². The number of aliphatic carboxylic acids is 1. The van der Waals surface area contributed by atoms with Gasteiger partial charge in [0.25, 0.3) is 0 Å². The third-order valence-corrected chi connectivity index (χ3v) is 5.70. The van der Waals surface area contributed by atoms with E-state index in [1.165, 1.54) is 6.08 Å². The van der Waals surface area contributed by atoms with E-state index >= 15 is 0 Å². The molecule has 1 amide bonds. The van der Waals surface area contributed by atoms with Crippen LogP contribution in [0.25, 0.3) is 10.2 Å². The summed E-state index contributed by atoms with van der Waals surface area (Å²) in [5.74, 6) is -1.80. The molecule has 0 saturated heterocycles. The molecule has 3 atom stereocenters. The Balaban J connectivity index is 1.75. The number of carbonyl (C=O) groups is 2. The minimum atomic E-state index is -1.12. The van der Waals surface area contributed by atoms with Gasteiger partial charge in [-0.2, -0.15) is 0 Å². The topological polar surface area (TPSA) is 88.5 Å². The fraction of sp³-hybridized carbons (Fsp3) is 0.350. The second-order valence-electron chi connectivity index (χ2n) is 6.40. The Labute approximate surface area is 161 Å². The number of carboxylic acid groups (broad SMARTS) is 1. The van der Waals surface area contributed by atoms with E-state index < -0.39 is 12.0 Å². The van der Waals surface area contributed by atoms with Gasteiger partial charge in [-0.15, -0.1) is 17.9 Å². The summed E-state index contributed by atoms with van der Waals surface area (Å²) in [4.78, 5) is 29.0. The van der Waals surface area contributed by atoms with Crippen LogP contribution in [0.4, 0.5) is 0 Å². The van der Waals surface area contributed by atoms with Crippen molar-refractivity contribution < 1.29 is 19.4 Å². The van der Waals surface area contributed by atoms with Gasteiger partial charge >= 0.3 is 5.97 Å². The monoisotopic (exact) mass is 386 g/mol. The molecule has 0 radical (unpaired) electrons. The van der Waals surface area contributed by atoms with Crippen molar-refractivity contribution in [3.05, 3.63) is 54.1 Å². The number of nitrogens with zero attached hydrogens (tertiary/aromatic N) is 1.